The highest BCUT2D eigenvalue weighted by Gasteiger charge is 2.28. The van der Waals surface area contributed by atoms with Gasteiger partial charge in [0.05, 0.1) is 4.88 Å². The Labute approximate surface area is 142 Å². The van der Waals surface area contributed by atoms with Gasteiger partial charge in [-0.05, 0) is 24.3 Å². The maximum Gasteiger partial charge on any atom is 0.374 e. The molecule has 3 rings (SSSR count). The molecule has 1 aliphatic rings. The Hall–Kier alpha value is -1.98. The third-order valence-electron chi connectivity index (χ3n) is 3.61. The van der Waals surface area contributed by atoms with E-state index in [2.05, 4.69) is 15.8 Å². The van der Waals surface area contributed by atoms with Crippen LogP contribution in [0.1, 0.15) is 12.8 Å². The van der Waals surface area contributed by atoms with Gasteiger partial charge in [-0.1, -0.05) is 15.1 Å². The van der Waals surface area contributed by atoms with E-state index in [-0.39, 0.29) is 24.9 Å². The van der Waals surface area contributed by atoms with Gasteiger partial charge in [-0.2, -0.15) is 12.7 Å². The zero-order valence-electron chi connectivity index (χ0n) is 12.4. The molecule has 0 aromatic carbocycles. The molecule has 0 bridgehead atoms. The molecule has 0 spiro atoms. The van der Waals surface area contributed by atoms with Crippen LogP contribution in [0.4, 0.5) is 14.5 Å². The number of aromatic nitrogens is 1. The third kappa shape index (κ3) is 4.10. The van der Waals surface area contributed by atoms with Gasteiger partial charge in [0.1, 0.15) is 0 Å². The summed E-state index contributed by atoms with van der Waals surface area (Å²) in [7, 11) is -4.66. The molecule has 1 aliphatic heterocycles. The van der Waals surface area contributed by atoms with E-state index in [1.165, 1.54) is 11.3 Å². The number of thiophene rings is 1. The number of anilines is 1. The lowest BCUT2D eigenvalue weighted by Gasteiger charge is -2.28. The largest absolute Gasteiger partial charge is 0.374 e. The van der Waals surface area contributed by atoms with Crippen molar-refractivity contribution in [3.63, 3.8) is 0 Å². The number of urea groups is 1. The molecule has 0 saturated carbocycles. The topological polar surface area (TPSA) is 105 Å². The molecule has 2 amide bonds. The van der Waals surface area contributed by atoms with Gasteiger partial charge in [-0.3, -0.25) is 5.32 Å². The molecule has 2 aromatic rings. The number of rotatable bonds is 4. The van der Waals surface area contributed by atoms with Crippen molar-refractivity contribution in [3.05, 3.63) is 23.6 Å². The number of hydrogen-bond acceptors (Lipinski definition) is 6. The Kier molecular flexibility index (Phi) is 4.83. The van der Waals surface area contributed by atoms with Gasteiger partial charge < -0.3 is 9.84 Å². The zero-order chi connectivity index (χ0) is 17.2. The van der Waals surface area contributed by atoms with Gasteiger partial charge in [0, 0.05) is 25.2 Å². The average molecular weight is 374 g/mol. The highest BCUT2D eigenvalue weighted by atomic mass is 32.3. The second-order valence-electron chi connectivity index (χ2n) is 5.27. The Morgan fingerprint density at radius 1 is 1.42 bits per heavy atom. The van der Waals surface area contributed by atoms with Gasteiger partial charge in [0.2, 0.25) is 0 Å². The summed E-state index contributed by atoms with van der Waals surface area (Å²) in [6, 6.07) is 4.67. The summed E-state index contributed by atoms with van der Waals surface area (Å²) >= 11 is 1.49. The van der Waals surface area contributed by atoms with Gasteiger partial charge >= 0.3 is 16.4 Å². The van der Waals surface area contributed by atoms with Crippen LogP contribution in [0.5, 0.6) is 0 Å². The Balaban J connectivity index is 1.50. The van der Waals surface area contributed by atoms with Crippen molar-refractivity contribution in [1.82, 2.24) is 14.8 Å². The first-order chi connectivity index (χ1) is 11.4. The summed E-state index contributed by atoms with van der Waals surface area (Å²) in [4.78, 5) is 12.8. The van der Waals surface area contributed by atoms with Crippen LogP contribution < -0.4 is 10.6 Å². The predicted octanol–water partition coefficient (Wildman–Crippen LogP) is 2.20. The van der Waals surface area contributed by atoms with Crippen LogP contribution in [0.15, 0.2) is 28.1 Å². The van der Waals surface area contributed by atoms with Gasteiger partial charge in [-0.25, -0.2) is 4.79 Å². The Morgan fingerprint density at radius 2 is 2.17 bits per heavy atom. The molecule has 8 nitrogen and oxygen atoms in total. The summed E-state index contributed by atoms with van der Waals surface area (Å²) in [5, 5.41) is 10.9. The molecule has 0 aliphatic carbocycles. The van der Waals surface area contributed by atoms with E-state index in [1.54, 1.807) is 6.07 Å². The van der Waals surface area contributed by atoms with Gasteiger partial charge in [-0.15, -0.1) is 11.3 Å². The molecule has 130 valence electrons. The fourth-order valence-corrected chi connectivity index (χ4v) is 3.75. The summed E-state index contributed by atoms with van der Waals surface area (Å²) in [6.07, 6.45) is 0.686. The number of halogens is 1. The van der Waals surface area contributed by atoms with E-state index in [0.29, 0.717) is 18.6 Å². The SMILES string of the molecule is O=C(Nc1cc(-c2cccs2)on1)NC1CCN(S(=O)(=O)F)CC1. The van der Waals surface area contributed by atoms with Crippen molar-refractivity contribution in [3.8, 4) is 10.6 Å². The van der Waals surface area contributed by atoms with Crippen molar-refractivity contribution in [2.45, 2.75) is 18.9 Å². The molecule has 0 unspecified atom stereocenters. The van der Waals surface area contributed by atoms with Crippen LogP contribution in [0, 0.1) is 0 Å². The second-order valence-corrected chi connectivity index (χ2v) is 7.56. The molecule has 24 heavy (non-hydrogen) atoms. The highest BCUT2D eigenvalue weighted by molar-refractivity contribution is 7.83. The molecule has 3 heterocycles. The molecular formula is C13H15FN4O4S2. The van der Waals surface area contributed by atoms with E-state index < -0.39 is 16.4 Å². The minimum Gasteiger partial charge on any atom is -0.353 e. The lowest BCUT2D eigenvalue weighted by Crippen LogP contribution is -2.46. The van der Waals surface area contributed by atoms with Gasteiger partial charge in [0.25, 0.3) is 0 Å². The maximum absolute atomic E-state index is 12.9. The molecule has 11 heteroatoms. The first-order valence-electron chi connectivity index (χ1n) is 7.19. The highest BCUT2D eigenvalue weighted by Crippen LogP contribution is 2.26. The smallest absolute Gasteiger partial charge is 0.353 e. The molecule has 0 atom stereocenters. The van der Waals surface area contributed by atoms with E-state index in [4.69, 9.17) is 4.52 Å². The minimum absolute atomic E-state index is 0.0380. The molecule has 2 aromatic heterocycles. The standard InChI is InChI=1S/C13H15FN4O4S2/c14-24(20,21)18-5-3-9(4-6-18)15-13(19)16-12-8-10(22-17-12)11-2-1-7-23-11/h1-2,7-9H,3-6H2,(H2,15,16,17,19). The van der Waals surface area contributed by atoms with Crippen molar-refractivity contribution >= 4 is 33.6 Å². The summed E-state index contributed by atoms with van der Waals surface area (Å²) in [5.41, 5.74) is 0. The summed E-state index contributed by atoms with van der Waals surface area (Å²) in [5.74, 6) is 0.835. The fraction of sp³-hybridized carbons (Fsp3) is 0.385. The third-order valence-corrected chi connectivity index (χ3v) is 5.48. The first-order valence-corrected chi connectivity index (χ1v) is 9.41. The van der Waals surface area contributed by atoms with Crippen LogP contribution in [0.25, 0.3) is 10.6 Å². The van der Waals surface area contributed by atoms with Crippen LogP contribution in [-0.4, -0.2) is 43.0 Å². The van der Waals surface area contributed by atoms with Crippen LogP contribution >= 0.6 is 11.3 Å². The summed E-state index contributed by atoms with van der Waals surface area (Å²) < 4.78 is 40.4. The van der Waals surface area contributed by atoms with Crippen molar-refractivity contribution in [1.29, 1.82) is 0 Å². The number of nitrogens with one attached hydrogen (secondary N) is 2. The number of carbonyl (C=O) groups excluding carboxylic acids is 1. The Bertz CT molecular complexity index is 798. The molecule has 1 saturated heterocycles. The number of carbonyl (C=O) groups is 1. The van der Waals surface area contributed by atoms with Gasteiger partial charge in [0.15, 0.2) is 11.6 Å². The quantitative estimate of drug-likeness (QED) is 0.799. The van der Waals surface area contributed by atoms with E-state index in [9.17, 15) is 17.1 Å². The first kappa shape index (κ1) is 16.9. The van der Waals surface area contributed by atoms with Crippen LogP contribution in [-0.2, 0) is 10.4 Å². The Morgan fingerprint density at radius 3 is 2.79 bits per heavy atom. The van der Waals surface area contributed by atoms with Crippen molar-refractivity contribution < 1.29 is 21.6 Å². The minimum atomic E-state index is -4.66. The monoisotopic (exact) mass is 374 g/mol. The number of piperidine rings is 1. The van der Waals surface area contributed by atoms with Crippen molar-refractivity contribution in [2.24, 2.45) is 0 Å². The molecule has 1 fully saturated rings. The molecular weight excluding hydrogens is 359 g/mol. The van der Waals surface area contributed by atoms with Crippen molar-refractivity contribution in [2.75, 3.05) is 18.4 Å². The fourth-order valence-electron chi connectivity index (χ4n) is 2.43. The maximum atomic E-state index is 12.9. The normalized spacial score (nSPS) is 16.9. The van der Waals surface area contributed by atoms with Crippen LogP contribution in [0.3, 0.4) is 0 Å². The van der Waals surface area contributed by atoms with Crippen LogP contribution in [0.2, 0.25) is 0 Å². The second kappa shape index (κ2) is 6.87. The van der Waals surface area contributed by atoms with E-state index in [0.717, 1.165) is 9.18 Å². The lowest BCUT2D eigenvalue weighted by atomic mass is 10.1. The predicted molar refractivity (Wildman–Crippen MR) is 86.6 cm³/mol. The number of hydrogen-bond donors (Lipinski definition) is 2. The zero-order valence-corrected chi connectivity index (χ0v) is 14.1. The van der Waals surface area contributed by atoms with E-state index in [1.807, 2.05) is 17.5 Å². The summed E-state index contributed by atoms with van der Waals surface area (Å²) in [6.45, 7) is 0.0759. The lowest BCUT2D eigenvalue weighted by molar-refractivity contribution is 0.237. The number of amides is 2. The number of nitrogens with zero attached hydrogens (tertiary/aromatic N) is 2. The van der Waals surface area contributed by atoms with E-state index >= 15 is 0 Å². The average Bonchev–Trinajstić information content (AvgIpc) is 3.17. The molecule has 0 radical (unpaired) electrons. The molecule has 2 N–H and O–H groups in total.